The minimum absolute atomic E-state index is 0.0387. The first-order valence-electron chi connectivity index (χ1n) is 13.2. The molecule has 0 unspecified atom stereocenters. The Labute approximate surface area is 214 Å². The maximum atomic E-state index is 13.8. The normalized spacial score (nSPS) is 22.7. The van der Waals surface area contributed by atoms with Crippen LogP contribution in [0.3, 0.4) is 0 Å². The van der Waals surface area contributed by atoms with Gasteiger partial charge in [0.05, 0.1) is 5.57 Å². The third-order valence-corrected chi connectivity index (χ3v) is 7.89. The highest BCUT2D eigenvalue weighted by molar-refractivity contribution is 6.04. The van der Waals surface area contributed by atoms with E-state index in [1.165, 1.54) is 12.0 Å². The Bertz CT molecular complexity index is 1190. The number of Topliss-reactive ketones (excluding diaryl/α,β-unsaturated/α-hetero) is 1. The van der Waals surface area contributed by atoms with Crippen molar-refractivity contribution in [2.75, 3.05) is 19.0 Å². The van der Waals surface area contributed by atoms with Gasteiger partial charge < -0.3 is 15.0 Å². The Morgan fingerprint density at radius 2 is 1.61 bits per heavy atom. The van der Waals surface area contributed by atoms with Crippen LogP contribution in [0.25, 0.3) is 0 Å². The van der Waals surface area contributed by atoms with E-state index in [1.807, 2.05) is 56.3 Å². The first-order chi connectivity index (χ1) is 17.4. The average molecular weight is 485 g/mol. The van der Waals surface area contributed by atoms with Crippen LogP contribution in [0.5, 0.6) is 0 Å². The lowest BCUT2D eigenvalue weighted by atomic mass is 9.71. The van der Waals surface area contributed by atoms with Crippen molar-refractivity contribution in [2.45, 2.75) is 69.8 Å². The molecule has 1 aliphatic heterocycles. The molecule has 0 aromatic heterocycles. The Hall–Kier alpha value is -3.34. The molecular weight excluding hydrogens is 448 g/mol. The van der Waals surface area contributed by atoms with E-state index in [0.717, 1.165) is 60.3 Å². The predicted octanol–water partition coefficient (Wildman–Crippen LogP) is 5.99. The molecule has 36 heavy (non-hydrogen) atoms. The van der Waals surface area contributed by atoms with Crippen LogP contribution in [0.15, 0.2) is 77.1 Å². The topological polar surface area (TPSA) is 58.6 Å². The maximum Gasteiger partial charge on any atom is 0.337 e. The molecule has 3 aliphatic rings. The molecule has 0 spiro atoms. The summed E-state index contributed by atoms with van der Waals surface area (Å²) in [4.78, 5) is 29.4. The van der Waals surface area contributed by atoms with Gasteiger partial charge in [-0.2, -0.15) is 0 Å². The lowest BCUT2D eigenvalue weighted by molar-refractivity contribution is -0.146. The summed E-state index contributed by atoms with van der Waals surface area (Å²) in [6.07, 6.45) is 6.38. The molecule has 2 aromatic rings. The molecule has 0 amide bonds. The van der Waals surface area contributed by atoms with E-state index in [1.54, 1.807) is 0 Å². The molecule has 2 atom stereocenters. The van der Waals surface area contributed by atoms with Crippen LogP contribution in [0.2, 0.25) is 0 Å². The molecule has 5 nitrogen and oxygen atoms in total. The number of hydrogen-bond donors (Lipinski definition) is 1. The Morgan fingerprint density at radius 3 is 2.28 bits per heavy atom. The van der Waals surface area contributed by atoms with Gasteiger partial charge in [0.2, 0.25) is 0 Å². The molecular formula is C31H36N2O3. The number of nitrogens with one attached hydrogen (secondary N) is 1. The predicted molar refractivity (Wildman–Crippen MR) is 143 cm³/mol. The van der Waals surface area contributed by atoms with Crippen LogP contribution in [-0.4, -0.2) is 32.0 Å². The first-order valence-corrected chi connectivity index (χ1v) is 13.2. The van der Waals surface area contributed by atoms with Gasteiger partial charge in [0.25, 0.3) is 0 Å². The molecule has 2 aromatic carbocycles. The van der Waals surface area contributed by atoms with Crippen molar-refractivity contribution in [1.82, 2.24) is 5.32 Å². The Balaban J connectivity index is 1.53. The van der Waals surface area contributed by atoms with E-state index in [2.05, 4.69) is 29.6 Å². The number of carbonyl (C=O) groups excluding carboxylic acids is 2. The van der Waals surface area contributed by atoms with E-state index in [4.69, 9.17) is 4.74 Å². The number of benzene rings is 2. The van der Waals surface area contributed by atoms with Crippen LogP contribution in [0, 0.1) is 0 Å². The summed E-state index contributed by atoms with van der Waals surface area (Å²) in [7, 11) is 4.01. The fourth-order valence-corrected chi connectivity index (χ4v) is 5.97. The summed E-state index contributed by atoms with van der Waals surface area (Å²) >= 11 is 0. The van der Waals surface area contributed by atoms with Gasteiger partial charge >= 0.3 is 5.97 Å². The fourth-order valence-electron chi connectivity index (χ4n) is 5.97. The van der Waals surface area contributed by atoms with Crippen LogP contribution < -0.4 is 10.2 Å². The zero-order valence-corrected chi connectivity index (χ0v) is 21.5. The number of dihydropyridines is 1. The van der Waals surface area contributed by atoms with E-state index in [0.29, 0.717) is 12.0 Å². The van der Waals surface area contributed by atoms with Gasteiger partial charge in [-0.15, -0.1) is 0 Å². The molecule has 5 rings (SSSR count). The Morgan fingerprint density at radius 1 is 0.917 bits per heavy atom. The zero-order valence-electron chi connectivity index (χ0n) is 21.5. The van der Waals surface area contributed by atoms with Crippen LogP contribution >= 0.6 is 0 Å². The van der Waals surface area contributed by atoms with Crippen LogP contribution in [0.4, 0.5) is 5.69 Å². The van der Waals surface area contributed by atoms with Gasteiger partial charge in [0, 0.05) is 49.1 Å². The quantitative estimate of drug-likeness (QED) is 0.528. The molecule has 1 N–H and O–H groups in total. The van der Waals surface area contributed by atoms with Crippen molar-refractivity contribution in [2.24, 2.45) is 0 Å². The highest BCUT2D eigenvalue weighted by atomic mass is 16.5. The third-order valence-electron chi connectivity index (χ3n) is 7.89. The number of ether oxygens (including phenoxy) is 1. The average Bonchev–Trinajstić information content (AvgIpc) is 2.89. The number of hydrogen-bond acceptors (Lipinski definition) is 5. The van der Waals surface area contributed by atoms with Crippen molar-refractivity contribution >= 4 is 17.4 Å². The number of rotatable bonds is 5. The second-order valence-electron chi connectivity index (χ2n) is 10.6. The highest BCUT2D eigenvalue weighted by Gasteiger charge is 2.41. The molecule has 2 aliphatic carbocycles. The second-order valence-corrected chi connectivity index (χ2v) is 10.6. The van der Waals surface area contributed by atoms with E-state index < -0.39 is 5.92 Å². The first kappa shape index (κ1) is 24.4. The van der Waals surface area contributed by atoms with Gasteiger partial charge in [-0.1, -0.05) is 48.9 Å². The molecule has 5 heteroatoms. The van der Waals surface area contributed by atoms with Crippen molar-refractivity contribution < 1.29 is 14.3 Å². The summed E-state index contributed by atoms with van der Waals surface area (Å²) in [5, 5.41) is 3.48. The number of nitrogens with zero attached hydrogens (tertiary/aromatic N) is 1. The number of esters is 1. The summed E-state index contributed by atoms with van der Waals surface area (Å²) in [6.45, 7) is 1.94. The Kier molecular flexibility index (Phi) is 6.99. The molecule has 1 saturated carbocycles. The maximum absolute atomic E-state index is 13.8. The van der Waals surface area contributed by atoms with Gasteiger partial charge in [-0.3, -0.25) is 4.79 Å². The third kappa shape index (κ3) is 4.84. The van der Waals surface area contributed by atoms with Gasteiger partial charge in [0.15, 0.2) is 5.78 Å². The van der Waals surface area contributed by atoms with E-state index >= 15 is 0 Å². The zero-order chi connectivity index (χ0) is 25.2. The van der Waals surface area contributed by atoms with Gasteiger partial charge in [-0.25, -0.2) is 4.79 Å². The van der Waals surface area contributed by atoms with Crippen LogP contribution in [-0.2, 0) is 14.3 Å². The van der Waals surface area contributed by atoms with E-state index in [-0.39, 0.29) is 23.8 Å². The lowest BCUT2D eigenvalue weighted by Gasteiger charge is -2.37. The van der Waals surface area contributed by atoms with Crippen molar-refractivity contribution in [3.63, 3.8) is 0 Å². The van der Waals surface area contributed by atoms with Crippen LogP contribution in [0.1, 0.15) is 74.8 Å². The number of ketones is 1. The van der Waals surface area contributed by atoms with Crippen molar-refractivity contribution in [1.29, 1.82) is 0 Å². The summed E-state index contributed by atoms with van der Waals surface area (Å²) < 4.78 is 6.04. The fraction of sp³-hybridized carbons (Fsp3) is 0.419. The minimum atomic E-state index is -0.419. The summed E-state index contributed by atoms with van der Waals surface area (Å²) in [6, 6.07) is 18.5. The van der Waals surface area contributed by atoms with Crippen molar-refractivity contribution in [3.05, 3.63) is 88.3 Å². The molecule has 0 radical (unpaired) electrons. The number of carbonyl (C=O) groups is 2. The molecule has 1 heterocycles. The number of allylic oxidation sites excluding steroid dienone is 3. The van der Waals surface area contributed by atoms with Crippen molar-refractivity contribution in [3.8, 4) is 0 Å². The standard InChI is InChI=1S/C31H36N2O3/c1-20-28(31(35)36-25-12-8-5-9-13-25)29(22-14-16-24(17-15-22)33(2)3)30-26(32-20)18-23(19-27(30)34)21-10-6-4-7-11-21/h4,6-7,10-11,14-17,23,25,29,32H,5,8-9,12-13,18-19H2,1-3H3/t23-,29-/m0/s1. The molecule has 1 fully saturated rings. The van der Waals surface area contributed by atoms with Gasteiger partial charge in [-0.05, 0) is 68.2 Å². The van der Waals surface area contributed by atoms with E-state index in [9.17, 15) is 9.59 Å². The lowest BCUT2D eigenvalue weighted by Crippen LogP contribution is -2.37. The summed E-state index contributed by atoms with van der Waals surface area (Å²) in [5.41, 5.74) is 6.23. The smallest absolute Gasteiger partial charge is 0.337 e. The second kappa shape index (κ2) is 10.3. The highest BCUT2D eigenvalue weighted by Crippen LogP contribution is 2.46. The minimum Gasteiger partial charge on any atom is -0.459 e. The molecule has 0 bridgehead atoms. The molecule has 188 valence electrons. The summed E-state index contributed by atoms with van der Waals surface area (Å²) in [5.74, 6) is -0.476. The molecule has 0 saturated heterocycles. The SMILES string of the molecule is CC1=C(C(=O)OC2CCCCC2)[C@H](c2ccc(N(C)C)cc2)C2=C(C[C@H](c3ccccc3)CC2=O)N1. The number of anilines is 1. The monoisotopic (exact) mass is 484 g/mol. The van der Waals surface area contributed by atoms with Gasteiger partial charge in [0.1, 0.15) is 6.10 Å². The largest absolute Gasteiger partial charge is 0.459 e.